The van der Waals surface area contributed by atoms with E-state index in [2.05, 4.69) is 4.99 Å². The fourth-order valence-electron chi connectivity index (χ4n) is 2.46. The van der Waals surface area contributed by atoms with Crippen LogP contribution in [0, 0.1) is 0 Å². The molecular weight excluding hydrogens is 332 g/mol. The van der Waals surface area contributed by atoms with Gasteiger partial charge in [-0.3, -0.25) is 14.5 Å². The third-order valence-corrected chi connectivity index (χ3v) is 3.49. The number of nitrogens with zero attached hydrogens (tertiary/aromatic N) is 2. The highest BCUT2D eigenvalue weighted by molar-refractivity contribution is 5.98. The molecule has 4 N–H and O–H groups in total. The van der Waals surface area contributed by atoms with Gasteiger partial charge in [0, 0.05) is 17.5 Å². The van der Waals surface area contributed by atoms with E-state index >= 15 is 0 Å². The molecule has 0 radical (unpaired) electrons. The molecule has 7 nitrogen and oxygen atoms in total. The van der Waals surface area contributed by atoms with E-state index in [1.807, 2.05) is 41.5 Å². The molecule has 26 heavy (non-hydrogen) atoms. The molecule has 1 atom stereocenters. The predicted molar refractivity (Wildman–Crippen MR) is 103 cm³/mol. The highest BCUT2D eigenvalue weighted by atomic mass is 16.5. The number of primary amides is 1. The number of nitrogens with two attached hydrogens (primary N) is 2. The Kier molecular flexibility index (Phi) is 7.18. The highest BCUT2D eigenvalue weighted by Crippen LogP contribution is 2.27. The van der Waals surface area contributed by atoms with Gasteiger partial charge >= 0.3 is 0 Å². The van der Waals surface area contributed by atoms with Crippen molar-refractivity contribution in [1.29, 1.82) is 0 Å². The molecule has 144 valence electrons. The van der Waals surface area contributed by atoms with Crippen LogP contribution in [0.25, 0.3) is 0 Å². The van der Waals surface area contributed by atoms with Gasteiger partial charge in [0.25, 0.3) is 0 Å². The van der Waals surface area contributed by atoms with Gasteiger partial charge in [-0.25, -0.2) is 4.99 Å². The maximum absolute atomic E-state index is 12.3. The zero-order valence-corrected chi connectivity index (χ0v) is 16.5. The van der Waals surface area contributed by atoms with E-state index in [9.17, 15) is 9.59 Å². The van der Waals surface area contributed by atoms with Crippen LogP contribution < -0.4 is 16.2 Å². The van der Waals surface area contributed by atoms with E-state index in [1.165, 1.54) is 4.90 Å². The van der Waals surface area contributed by atoms with Crippen LogP contribution in [0.2, 0.25) is 0 Å². The van der Waals surface area contributed by atoms with Crippen LogP contribution >= 0.6 is 0 Å². The van der Waals surface area contributed by atoms with Crippen LogP contribution in [-0.4, -0.2) is 34.3 Å². The molecule has 2 amide bonds. The molecular formula is C19H30N4O3. The molecule has 1 aromatic carbocycles. The first-order chi connectivity index (χ1) is 12.1. The maximum Gasteiger partial charge on any atom is 0.248 e. The monoisotopic (exact) mass is 362 g/mol. The number of benzene rings is 1. The standard InChI is InChI=1S/C17H24N4O3.C2H6/c1-10-7-14(22)21(16(19)20-10)9-12-8-11(15(18)23)5-6-13(12)24-17(2,3)4;1-2/h5-6,8,10H,7,9H2,1-4H3,(H2,18,23)(H2,19,20);1-2H3. The predicted octanol–water partition coefficient (Wildman–Crippen LogP) is 2.42. The molecule has 0 spiro atoms. The van der Waals surface area contributed by atoms with Gasteiger partial charge in [-0.2, -0.15) is 0 Å². The first-order valence-corrected chi connectivity index (χ1v) is 8.82. The summed E-state index contributed by atoms with van der Waals surface area (Å²) in [7, 11) is 0. The molecule has 1 aliphatic heterocycles. The van der Waals surface area contributed by atoms with Crippen molar-refractivity contribution >= 4 is 17.8 Å². The minimum absolute atomic E-state index is 0.110. The van der Waals surface area contributed by atoms with Crippen molar-refractivity contribution in [1.82, 2.24) is 4.90 Å². The summed E-state index contributed by atoms with van der Waals surface area (Å²) in [4.78, 5) is 29.4. The lowest BCUT2D eigenvalue weighted by molar-refractivity contribution is -0.128. The number of aliphatic imine (C=N–C) groups is 1. The second-order valence-corrected chi connectivity index (χ2v) is 6.92. The third-order valence-electron chi connectivity index (χ3n) is 3.49. The molecule has 0 bridgehead atoms. The molecule has 1 heterocycles. The van der Waals surface area contributed by atoms with Crippen molar-refractivity contribution in [3.05, 3.63) is 29.3 Å². The number of hydrogen-bond donors (Lipinski definition) is 2. The van der Waals surface area contributed by atoms with Crippen molar-refractivity contribution in [2.24, 2.45) is 16.5 Å². The van der Waals surface area contributed by atoms with E-state index in [0.29, 0.717) is 23.3 Å². The molecule has 7 heteroatoms. The molecule has 0 aromatic heterocycles. The molecule has 1 aliphatic rings. The minimum Gasteiger partial charge on any atom is -0.488 e. The Morgan fingerprint density at radius 2 is 1.96 bits per heavy atom. The zero-order valence-electron chi connectivity index (χ0n) is 16.5. The van der Waals surface area contributed by atoms with E-state index in [4.69, 9.17) is 16.2 Å². The number of rotatable bonds is 4. The van der Waals surface area contributed by atoms with E-state index in [1.54, 1.807) is 18.2 Å². The van der Waals surface area contributed by atoms with Crippen LogP contribution in [0.4, 0.5) is 0 Å². The van der Waals surface area contributed by atoms with Crippen molar-refractivity contribution in [3.8, 4) is 5.75 Å². The first-order valence-electron chi connectivity index (χ1n) is 8.82. The minimum atomic E-state index is -0.543. The van der Waals surface area contributed by atoms with E-state index < -0.39 is 11.5 Å². The van der Waals surface area contributed by atoms with Crippen molar-refractivity contribution in [2.45, 2.75) is 66.2 Å². The van der Waals surface area contributed by atoms with Crippen LogP contribution in [0.5, 0.6) is 5.75 Å². The van der Waals surface area contributed by atoms with Gasteiger partial charge in [0.1, 0.15) is 11.4 Å². The van der Waals surface area contributed by atoms with Crippen molar-refractivity contribution in [2.75, 3.05) is 0 Å². The Labute approximate surface area is 155 Å². The van der Waals surface area contributed by atoms with E-state index in [-0.39, 0.29) is 24.5 Å². The van der Waals surface area contributed by atoms with Crippen LogP contribution in [-0.2, 0) is 11.3 Å². The van der Waals surface area contributed by atoms with Gasteiger partial charge in [-0.15, -0.1) is 0 Å². The van der Waals surface area contributed by atoms with Crippen molar-refractivity contribution < 1.29 is 14.3 Å². The SMILES string of the molecule is CC.CC1CC(=O)N(Cc2cc(C(N)=O)ccc2OC(C)(C)C)C(N)=N1. The van der Waals surface area contributed by atoms with Gasteiger partial charge in [-0.1, -0.05) is 13.8 Å². The lowest BCUT2D eigenvalue weighted by Crippen LogP contribution is -2.46. The quantitative estimate of drug-likeness (QED) is 0.856. The number of hydrogen-bond acceptors (Lipinski definition) is 5. The van der Waals surface area contributed by atoms with Gasteiger partial charge in [0.05, 0.1) is 12.6 Å². The molecule has 2 rings (SSSR count). The summed E-state index contributed by atoms with van der Waals surface area (Å²) in [6.45, 7) is 11.8. The average molecular weight is 362 g/mol. The summed E-state index contributed by atoms with van der Waals surface area (Å²) in [5, 5.41) is 0. The van der Waals surface area contributed by atoms with Gasteiger partial charge in [0.2, 0.25) is 11.8 Å². The van der Waals surface area contributed by atoms with Gasteiger partial charge < -0.3 is 16.2 Å². The summed E-state index contributed by atoms with van der Waals surface area (Å²) >= 11 is 0. The highest BCUT2D eigenvalue weighted by Gasteiger charge is 2.27. The van der Waals surface area contributed by atoms with Crippen LogP contribution in [0.1, 0.15) is 63.9 Å². The second-order valence-electron chi connectivity index (χ2n) is 6.92. The molecule has 0 saturated carbocycles. The largest absolute Gasteiger partial charge is 0.488 e. The third kappa shape index (κ3) is 5.75. The normalized spacial score (nSPS) is 17.2. The average Bonchev–Trinajstić information content (AvgIpc) is 2.52. The fraction of sp³-hybridized carbons (Fsp3) is 0.526. The van der Waals surface area contributed by atoms with E-state index in [0.717, 1.165) is 0 Å². The molecule has 0 aliphatic carbocycles. The fourth-order valence-corrected chi connectivity index (χ4v) is 2.46. The zero-order chi connectivity index (χ0) is 20.1. The number of carbonyl (C=O) groups is 2. The summed E-state index contributed by atoms with van der Waals surface area (Å²) in [5.41, 5.74) is 11.8. The second kappa shape index (κ2) is 8.69. The maximum atomic E-state index is 12.3. The lowest BCUT2D eigenvalue weighted by Gasteiger charge is -2.29. The Bertz CT molecular complexity index is 693. The smallest absolute Gasteiger partial charge is 0.248 e. The Balaban J connectivity index is 0.00000163. The van der Waals surface area contributed by atoms with Crippen LogP contribution in [0.15, 0.2) is 23.2 Å². The molecule has 1 aromatic rings. The number of carbonyl (C=O) groups excluding carboxylic acids is 2. The number of ether oxygens (including phenoxy) is 1. The number of amides is 2. The number of guanidine groups is 1. The lowest BCUT2D eigenvalue weighted by atomic mass is 10.1. The molecule has 1 unspecified atom stereocenters. The Morgan fingerprint density at radius 1 is 1.35 bits per heavy atom. The molecule has 0 saturated heterocycles. The Morgan fingerprint density at radius 3 is 2.46 bits per heavy atom. The Hall–Kier alpha value is -2.57. The summed E-state index contributed by atoms with van der Waals surface area (Å²) in [5.74, 6) is 0.0941. The first kappa shape index (κ1) is 21.5. The topological polar surface area (TPSA) is 111 Å². The van der Waals surface area contributed by atoms with Crippen LogP contribution in [0.3, 0.4) is 0 Å². The summed E-state index contributed by atoms with van der Waals surface area (Å²) in [6.07, 6.45) is 0.297. The summed E-state index contributed by atoms with van der Waals surface area (Å²) in [6, 6.07) is 4.79. The molecule has 0 fully saturated rings. The van der Waals surface area contributed by atoms with Crippen molar-refractivity contribution in [3.63, 3.8) is 0 Å². The van der Waals surface area contributed by atoms with Gasteiger partial charge in [-0.05, 0) is 45.9 Å². The van der Waals surface area contributed by atoms with Gasteiger partial charge in [0.15, 0.2) is 5.96 Å². The summed E-state index contributed by atoms with van der Waals surface area (Å²) < 4.78 is 5.93.